The van der Waals surface area contributed by atoms with Crippen LogP contribution in [-0.2, 0) is 6.18 Å². The number of carbonyl (C=O) groups excluding carboxylic acids is 1. The fourth-order valence-corrected chi connectivity index (χ4v) is 1.89. The molecule has 22 heavy (non-hydrogen) atoms. The van der Waals surface area contributed by atoms with Gasteiger partial charge in [-0.05, 0) is 24.1 Å². The Balaban J connectivity index is 2.76. The predicted molar refractivity (Wildman–Crippen MR) is 77.2 cm³/mol. The molecule has 1 aromatic rings. The fourth-order valence-electron chi connectivity index (χ4n) is 1.89. The number of urea groups is 1. The third-order valence-corrected chi connectivity index (χ3v) is 3.12. The molecule has 122 valence electrons. The standard InChI is InChI=1S/C15H19F3N2O2/c1-3-9-19-14(22)20-12(4-2)13(21)10-5-7-11(8-6-10)15(16,17)18/h3,5-8,12-13,21H,1,4,9H2,2H3,(H2,19,20,22). The Morgan fingerprint density at radius 2 is 1.95 bits per heavy atom. The number of hydrogen-bond acceptors (Lipinski definition) is 2. The molecule has 0 saturated carbocycles. The topological polar surface area (TPSA) is 61.4 Å². The van der Waals surface area contributed by atoms with E-state index in [4.69, 9.17) is 0 Å². The zero-order valence-corrected chi connectivity index (χ0v) is 12.2. The average Bonchev–Trinajstić information content (AvgIpc) is 2.49. The zero-order chi connectivity index (χ0) is 16.8. The summed E-state index contributed by atoms with van der Waals surface area (Å²) < 4.78 is 37.5. The average molecular weight is 316 g/mol. The van der Waals surface area contributed by atoms with E-state index in [1.807, 2.05) is 0 Å². The van der Waals surface area contributed by atoms with Gasteiger partial charge in [0.05, 0.1) is 17.7 Å². The quantitative estimate of drug-likeness (QED) is 0.707. The van der Waals surface area contributed by atoms with E-state index < -0.39 is 29.9 Å². The number of halogens is 3. The first-order valence-corrected chi connectivity index (χ1v) is 6.80. The first-order valence-electron chi connectivity index (χ1n) is 6.80. The Labute approximate surface area is 127 Å². The first kappa shape index (κ1) is 18.0. The summed E-state index contributed by atoms with van der Waals surface area (Å²) in [5, 5.41) is 15.3. The van der Waals surface area contributed by atoms with Crippen LogP contribution in [0, 0.1) is 0 Å². The summed E-state index contributed by atoms with van der Waals surface area (Å²) in [5.41, 5.74) is -0.475. The molecule has 2 unspecified atom stereocenters. The molecule has 1 aromatic carbocycles. The molecule has 0 saturated heterocycles. The highest BCUT2D eigenvalue weighted by Crippen LogP contribution is 2.30. The molecule has 0 radical (unpaired) electrons. The third kappa shape index (κ3) is 5.07. The van der Waals surface area contributed by atoms with Crippen LogP contribution in [0.2, 0.25) is 0 Å². The van der Waals surface area contributed by atoms with Gasteiger partial charge in [-0.25, -0.2) is 4.79 Å². The molecule has 1 rings (SSSR count). The van der Waals surface area contributed by atoms with Crippen LogP contribution in [0.25, 0.3) is 0 Å². The van der Waals surface area contributed by atoms with Crippen LogP contribution >= 0.6 is 0 Å². The fraction of sp³-hybridized carbons (Fsp3) is 0.400. The molecular weight excluding hydrogens is 297 g/mol. The van der Waals surface area contributed by atoms with E-state index in [9.17, 15) is 23.1 Å². The smallest absolute Gasteiger partial charge is 0.386 e. The van der Waals surface area contributed by atoms with Crippen LogP contribution in [0.4, 0.5) is 18.0 Å². The summed E-state index contributed by atoms with van der Waals surface area (Å²) in [6.45, 7) is 5.49. The number of aliphatic hydroxyl groups excluding tert-OH is 1. The molecule has 7 heteroatoms. The maximum atomic E-state index is 12.5. The van der Waals surface area contributed by atoms with Crippen molar-refractivity contribution in [2.24, 2.45) is 0 Å². The van der Waals surface area contributed by atoms with Crippen molar-refractivity contribution in [2.75, 3.05) is 6.54 Å². The van der Waals surface area contributed by atoms with Crippen LogP contribution in [0.15, 0.2) is 36.9 Å². The monoisotopic (exact) mass is 316 g/mol. The van der Waals surface area contributed by atoms with Crippen LogP contribution in [0.1, 0.15) is 30.6 Å². The second-order valence-electron chi connectivity index (χ2n) is 4.72. The Hall–Kier alpha value is -2.02. The lowest BCUT2D eigenvalue weighted by molar-refractivity contribution is -0.137. The first-order chi connectivity index (χ1) is 10.3. The molecule has 0 aromatic heterocycles. The number of benzene rings is 1. The molecule has 2 atom stereocenters. The van der Waals surface area contributed by atoms with E-state index in [0.717, 1.165) is 12.1 Å². The van der Waals surface area contributed by atoms with Crippen molar-refractivity contribution >= 4 is 6.03 Å². The Morgan fingerprint density at radius 1 is 1.36 bits per heavy atom. The third-order valence-electron chi connectivity index (χ3n) is 3.12. The van der Waals surface area contributed by atoms with Gasteiger partial charge in [0.15, 0.2) is 0 Å². The molecule has 0 aliphatic rings. The largest absolute Gasteiger partial charge is 0.416 e. The van der Waals surface area contributed by atoms with Gasteiger partial charge in [-0.3, -0.25) is 0 Å². The lowest BCUT2D eigenvalue weighted by atomic mass is 9.99. The number of nitrogens with one attached hydrogen (secondary N) is 2. The van der Waals surface area contributed by atoms with Gasteiger partial charge >= 0.3 is 12.2 Å². The van der Waals surface area contributed by atoms with Gasteiger partial charge in [-0.2, -0.15) is 13.2 Å². The van der Waals surface area contributed by atoms with Gasteiger partial charge in [-0.1, -0.05) is 25.1 Å². The minimum Gasteiger partial charge on any atom is -0.386 e. The van der Waals surface area contributed by atoms with Gasteiger partial charge in [0.25, 0.3) is 0 Å². The number of alkyl halides is 3. The van der Waals surface area contributed by atoms with Crippen molar-refractivity contribution in [1.82, 2.24) is 10.6 Å². The Bertz CT molecular complexity index is 501. The van der Waals surface area contributed by atoms with Gasteiger partial charge in [0, 0.05) is 6.54 Å². The zero-order valence-electron chi connectivity index (χ0n) is 12.2. The van der Waals surface area contributed by atoms with Crippen LogP contribution in [0.3, 0.4) is 0 Å². The summed E-state index contributed by atoms with van der Waals surface area (Å²) in [6.07, 6.45) is -3.59. The summed E-state index contributed by atoms with van der Waals surface area (Å²) in [5.74, 6) is 0. The van der Waals surface area contributed by atoms with Crippen LogP contribution in [-0.4, -0.2) is 23.7 Å². The Kier molecular flexibility index (Phi) is 6.42. The highest BCUT2D eigenvalue weighted by molar-refractivity contribution is 5.74. The Morgan fingerprint density at radius 3 is 2.41 bits per heavy atom. The predicted octanol–water partition coefficient (Wildman–Crippen LogP) is 3.00. The van der Waals surface area contributed by atoms with Gasteiger partial charge in [0.2, 0.25) is 0 Å². The normalized spacial score (nSPS) is 14.0. The molecule has 0 spiro atoms. The number of rotatable bonds is 6. The minimum absolute atomic E-state index is 0.276. The summed E-state index contributed by atoms with van der Waals surface area (Å²) >= 11 is 0. The highest BCUT2D eigenvalue weighted by Gasteiger charge is 2.30. The molecule has 0 heterocycles. The van der Waals surface area contributed by atoms with E-state index in [-0.39, 0.29) is 6.54 Å². The maximum Gasteiger partial charge on any atom is 0.416 e. The summed E-state index contributed by atoms with van der Waals surface area (Å²) in [7, 11) is 0. The van der Waals surface area contributed by atoms with E-state index in [2.05, 4.69) is 17.2 Å². The summed E-state index contributed by atoms with van der Waals surface area (Å²) in [4.78, 5) is 11.6. The van der Waals surface area contributed by atoms with E-state index in [1.165, 1.54) is 18.2 Å². The molecule has 0 aliphatic carbocycles. The van der Waals surface area contributed by atoms with Crippen molar-refractivity contribution in [3.63, 3.8) is 0 Å². The number of hydrogen-bond donors (Lipinski definition) is 3. The molecule has 0 fully saturated rings. The van der Waals surface area contributed by atoms with E-state index in [0.29, 0.717) is 12.0 Å². The number of aliphatic hydroxyl groups is 1. The van der Waals surface area contributed by atoms with Crippen molar-refractivity contribution in [2.45, 2.75) is 31.7 Å². The summed E-state index contributed by atoms with van der Waals surface area (Å²) in [6, 6.07) is 3.14. The molecule has 0 bridgehead atoms. The molecular formula is C15H19F3N2O2. The van der Waals surface area contributed by atoms with Gasteiger partial charge in [-0.15, -0.1) is 6.58 Å². The number of amides is 2. The minimum atomic E-state index is -4.42. The molecule has 0 aliphatic heterocycles. The second-order valence-corrected chi connectivity index (χ2v) is 4.72. The van der Waals surface area contributed by atoms with Crippen molar-refractivity contribution < 1.29 is 23.1 Å². The van der Waals surface area contributed by atoms with Crippen LogP contribution in [0.5, 0.6) is 0 Å². The molecule has 2 amide bonds. The molecule has 4 nitrogen and oxygen atoms in total. The lowest BCUT2D eigenvalue weighted by Crippen LogP contribution is -2.44. The molecule has 3 N–H and O–H groups in total. The van der Waals surface area contributed by atoms with E-state index >= 15 is 0 Å². The van der Waals surface area contributed by atoms with Gasteiger partial charge in [0.1, 0.15) is 0 Å². The lowest BCUT2D eigenvalue weighted by Gasteiger charge is -2.23. The maximum absolute atomic E-state index is 12.5. The van der Waals surface area contributed by atoms with Crippen molar-refractivity contribution in [3.8, 4) is 0 Å². The van der Waals surface area contributed by atoms with E-state index in [1.54, 1.807) is 6.92 Å². The van der Waals surface area contributed by atoms with Crippen molar-refractivity contribution in [1.29, 1.82) is 0 Å². The van der Waals surface area contributed by atoms with Crippen molar-refractivity contribution in [3.05, 3.63) is 48.0 Å². The highest BCUT2D eigenvalue weighted by atomic mass is 19.4. The second kappa shape index (κ2) is 7.84. The van der Waals surface area contributed by atoms with Crippen LogP contribution < -0.4 is 10.6 Å². The van der Waals surface area contributed by atoms with Gasteiger partial charge < -0.3 is 15.7 Å². The number of carbonyl (C=O) groups is 1. The SMILES string of the molecule is C=CCNC(=O)NC(CC)C(O)c1ccc(C(F)(F)F)cc1.